The maximum atomic E-state index is 2.36. The van der Waals surface area contributed by atoms with Crippen LogP contribution in [0.5, 0.6) is 0 Å². The molecule has 0 bridgehead atoms. The molecule has 0 amide bonds. The summed E-state index contributed by atoms with van der Waals surface area (Å²) >= 11 is 0. The van der Waals surface area contributed by atoms with E-state index < -0.39 is 0 Å². The summed E-state index contributed by atoms with van der Waals surface area (Å²) in [6.07, 6.45) is 19.6. The Balaban J connectivity index is 1.43. The van der Waals surface area contributed by atoms with Gasteiger partial charge >= 0.3 is 0 Å². The second-order valence-electron chi connectivity index (χ2n) is 9.00. The van der Waals surface area contributed by atoms with E-state index >= 15 is 0 Å². The van der Waals surface area contributed by atoms with Crippen molar-refractivity contribution >= 4 is 26.5 Å². The molecule has 0 aromatic heterocycles. The van der Waals surface area contributed by atoms with E-state index in [0.717, 1.165) is 11.3 Å². The van der Waals surface area contributed by atoms with Crippen molar-refractivity contribution in [3.8, 4) is 0 Å². The highest BCUT2D eigenvalue weighted by atomic mass is 31.1. The third kappa shape index (κ3) is 6.15. The molecular weight excluding hydrogens is 386 g/mol. The quantitative estimate of drug-likeness (QED) is 0.382. The molecule has 0 heterocycles. The molecule has 0 N–H and O–H groups in total. The predicted molar refractivity (Wildman–Crippen MR) is 134 cm³/mol. The molecule has 0 radical (unpaired) electrons. The van der Waals surface area contributed by atoms with Crippen molar-refractivity contribution in [2.45, 2.75) is 81.9 Å². The maximum absolute atomic E-state index is 2.36. The number of rotatable bonds is 8. The van der Waals surface area contributed by atoms with E-state index in [0.29, 0.717) is 0 Å². The summed E-state index contributed by atoms with van der Waals surface area (Å²) in [6, 6.07) is 22.7. The average Bonchev–Trinajstić information content (AvgIpc) is 2.81. The van der Waals surface area contributed by atoms with Gasteiger partial charge in [-0.25, -0.2) is 0 Å². The lowest BCUT2D eigenvalue weighted by Crippen LogP contribution is -2.22. The van der Waals surface area contributed by atoms with E-state index in [2.05, 4.69) is 60.7 Å². The Bertz CT molecular complexity index is 629. The van der Waals surface area contributed by atoms with Crippen molar-refractivity contribution < 1.29 is 0 Å². The fraction of sp³-hybridized carbons (Fsp3) is 0.556. The van der Waals surface area contributed by atoms with Gasteiger partial charge in [0, 0.05) is 0 Å². The van der Waals surface area contributed by atoms with Gasteiger partial charge in [-0.2, -0.15) is 0 Å². The Morgan fingerprint density at radius 3 is 1.45 bits per heavy atom. The molecule has 0 unspecified atom stereocenters. The molecule has 4 rings (SSSR count). The summed E-state index contributed by atoms with van der Waals surface area (Å²) in [5.41, 5.74) is 2.20. The van der Waals surface area contributed by atoms with Crippen LogP contribution in [-0.4, -0.2) is 23.6 Å². The van der Waals surface area contributed by atoms with Crippen LogP contribution in [0.1, 0.15) is 70.6 Å². The number of hydrogen-bond donors (Lipinski definition) is 0. The Hall–Kier alpha value is -0.700. The van der Waals surface area contributed by atoms with Gasteiger partial charge in [-0.1, -0.05) is 99.2 Å². The second kappa shape index (κ2) is 11.6. The Morgan fingerprint density at radius 2 is 1.00 bits per heavy atom. The Labute approximate surface area is 181 Å². The van der Waals surface area contributed by atoms with Crippen LogP contribution in [0.15, 0.2) is 60.7 Å². The van der Waals surface area contributed by atoms with Gasteiger partial charge in [-0.15, -0.1) is 7.92 Å². The molecule has 0 saturated heterocycles. The van der Waals surface area contributed by atoms with E-state index in [1.54, 1.807) is 42.5 Å². The Kier molecular flexibility index (Phi) is 8.63. The first kappa shape index (κ1) is 21.5. The van der Waals surface area contributed by atoms with Crippen LogP contribution in [0.4, 0.5) is 0 Å². The largest absolute Gasteiger partial charge is 0.100 e. The van der Waals surface area contributed by atoms with Gasteiger partial charge in [0.25, 0.3) is 0 Å². The molecule has 0 spiro atoms. The fourth-order valence-electron chi connectivity index (χ4n) is 5.52. The molecule has 2 aromatic carbocycles. The van der Waals surface area contributed by atoms with Crippen molar-refractivity contribution in [1.82, 2.24) is 0 Å². The lowest BCUT2D eigenvalue weighted by Gasteiger charge is -2.39. The van der Waals surface area contributed by atoms with E-state index in [1.165, 1.54) is 51.1 Å². The molecule has 2 aromatic rings. The molecule has 156 valence electrons. The highest BCUT2D eigenvalue weighted by Crippen LogP contribution is 2.56. The zero-order valence-corrected chi connectivity index (χ0v) is 19.8. The molecule has 0 atom stereocenters. The minimum atomic E-state index is -0.206. The topological polar surface area (TPSA) is 0 Å². The van der Waals surface area contributed by atoms with Gasteiger partial charge in [0.05, 0.1) is 0 Å². The van der Waals surface area contributed by atoms with Crippen molar-refractivity contribution in [2.75, 3.05) is 12.3 Å². The number of hydrogen-bond acceptors (Lipinski definition) is 0. The SMILES string of the molecule is c1ccc(P(CCCP(C2CCCCC2)C2CCCCC2)c2ccccc2)cc1. The minimum Gasteiger partial charge on any atom is -0.100 e. The van der Waals surface area contributed by atoms with Crippen LogP contribution in [0.2, 0.25) is 0 Å². The van der Waals surface area contributed by atoms with Crippen molar-refractivity contribution in [3.63, 3.8) is 0 Å². The molecule has 2 saturated carbocycles. The minimum absolute atomic E-state index is 0.206. The molecule has 2 heteroatoms. The summed E-state index contributed by atoms with van der Waals surface area (Å²) in [5.74, 6) is 0. The first-order chi connectivity index (χ1) is 14.4. The van der Waals surface area contributed by atoms with E-state index in [4.69, 9.17) is 0 Å². The molecule has 2 aliphatic carbocycles. The maximum Gasteiger partial charge on any atom is -0.0195 e. The van der Waals surface area contributed by atoms with E-state index in [1.807, 2.05) is 0 Å². The van der Waals surface area contributed by atoms with Crippen molar-refractivity contribution in [2.24, 2.45) is 0 Å². The molecule has 0 nitrogen and oxygen atoms in total. The van der Waals surface area contributed by atoms with Gasteiger partial charge < -0.3 is 0 Å². The molecular formula is C27H38P2. The van der Waals surface area contributed by atoms with Crippen molar-refractivity contribution in [3.05, 3.63) is 60.7 Å². The van der Waals surface area contributed by atoms with E-state index in [9.17, 15) is 0 Å². The summed E-state index contributed by atoms with van der Waals surface area (Å²) in [4.78, 5) is 0. The van der Waals surface area contributed by atoms with Gasteiger partial charge in [-0.3, -0.25) is 0 Å². The van der Waals surface area contributed by atoms with Gasteiger partial charge in [0.2, 0.25) is 0 Å². The lowest BCUT2D eigenvalue weighted by atomic mass is 9.99. The monoisotopic (exact) mass is 424 g/mol. The summed E-state index contributed by atoms with van der Waals surface area (Å²) in [5, 5.41) is 3.13. The standard InChI is InChI=1S/C27H38P2/c1-5-14-24(15-6-1)28(25-16-7-2-8-17-25)22-13-23-29(26-18-9-3-10-19-26)27-20-11-4-12-21-27/h1-2,5-8,14-17,26-27H,3-4,9-13,18-23H2. The van der Waals surface area contributed by atoms with Gasteiger partial charge in [0.15, 0.2) is 0 Å². The van der Waals surface area contributed by atoms with Gasteiger partial charge in [0.1, 0.15) is 0 Å². The smallest absolute Gasteiger partial charge is 0.0195 e. The predicted octanol–water partition coefficient (Wildman–Crippen LogP) is 7.66. The fourth-order valence-corrected chi connectivity index (χ4v) is 12.0. The second-order valence-corrected chi connectivity index (χ2v) is 14.3. The molecule has 2 fully saturated rings. The Morgan fingerprint density at radius 1 is 0.552 bits per heavy atom. The zero-order valence-electron chi connectivity index (χ0n) is 18.0. The first-order valence-electron chi connectivity index (χ1n) is 12.1. The van der Waals surface area contributed by atoms with Crippen LogP contribution < -0.4 is 10.6 Å². The average molecular weight is 425 g/mol. The summed E-state index contributed by atoms with van der Waals surface area (Å²) < 4.78 is 0. The molecule has 2 aliphatic rings. The van der Waals surface area contributed by atoms with Crippen LogP contribution in [-0.2, 0) is 0 Å². The summed E-state index contributed by atoms with van der Waals surface area (Å²) in [6.45, 7) is 0. The highest BCUT2D eigenvalue weighted by molar-refractivity contribution is 7.73. The molecule has 29 heavy (non-hydrogen) atoms. The first-order valence-corrected chi connectivity index (χ1v) is 15.2. The summed E-state index contributed by atoms with van der Waals surface area (Å²) in [7, 11) is 0.0389. The highest BCUT2D eigenvalue weighted by Gasteiger charge is 2.30. The van der Waals surface area contributed by atoms with Crippen LogP contribution in [0.25, 0.3) is 0 Å². The zero-order chi connectivity index (χ0) is 19.7. The number of benzene rings is 2. The lowest BCUT2D eigenvalue weighted by molar-refractivity contribution is 0.484. The van der Waals surface area contributed by atoms with Crippen LogP contribution in [0.3, 0.4) is 0 Å². The van der Waals surface area contributed by atoms with Crippen LogP contribution >= 0.6 is 15.8 Å². The normalized spacial score (nSPS) is 19.1. The van der Waals surface area contributed by atoms with Crippen LogP contribution in [0, 0.1) is 0 Å². The third-order valence-electron chi connectivity index (χ3n) is 7.02. The van der Waals surface area contributed by atoms with Gasteiger partial charge in [-0.05, 0) is 74.3 Å². The van der Waals surface area contributed by atoms with Crippen molar-refractivity contribution in [1.29, 1.82) is 0 Å². The molecule has 0 aliphatic heterocycles. The third-order valence-corrected chi connectivity index (χ3v) is 13.4. The van der Waals surface area contributed by atoms with E-state index in [-0.39, 0.29) is 15.8 Å².